The molecule has 2 aromatic rings. The lowest BCUT2D eigenvalue weighted by Gasteiger charge is -2.03. The van der Waals surface area contributed by atoms with Crippen LogP contribution in [0.15, 0.2) is 18.2 Å². The first-order valence-electron chi connectivity index (χ1n) is 5.92. The highest BCUT2D eigenvalue weighted by molar-refractivity contribution is 6.26. The summed E-state index contributed by atoms with van der Waals surface area (Å²) in [5, 5.41) is 0.660. The van der Waals surface area contributed by atoms with Crippen LogP contribution in [0.5, 0.6) is 0 Å². The Morgan fingerprint density at radius 2 is 1.84 bits per heavy atom. The lowest BCUT2D eigenvalue weighted by Crippen LogP contribution is -2.24. The van der Waals surface area contributed by atoms with Gasteiger partial charge in [0.1, 0.15) is 0 Å². The number of rotatable bonds is 0. The Bertz CT molecular complexity index is 771. The molecule has 0 unspecified atom stereocenters. The van der Waals surface area contributed by atoms with E-state index in [0.29, 0.717) is 22.0 Å². The fourth-order valence-electron chi connectivity index (χ4n) is 2.68. The Morgan fingerprint density at radius 1 is 1.16 bits per heavy atom. The van der Waals surface area contributed by atoms with E-state index in [2.05, 4.69) is 0 Å². The molecule has 0 fully saturated rings. The van der Waals surface area contributed by atoms with Crippen molar-refractivity contribution in [2.45, 2.75) is 13.8 Å². The van der Waals surface area contributed by atoms with Crippen LogP contribution in [0.25, 0.3) is 10.9 Å². The molecule has 1 aliphatic heterocycles. The highest BCUT2D eigenvalue weighted by atomic mass is 16.2. The van der Waals surface area contributed by atoms with Gasteiger partial charge in [-0.25, -0.2) is 0 Å². The van der Waals surface area contributed by atoms with Crippen LogP contribution >= 0.6 is 0 Å². The number of amides is 2. The maximum absolute atomic E-state index is 12.1. The fourth-order valence-corrected chi connectivity index (χ4v) is 2.68. The number of nitrogens with zero attached hydrogens (tertiary/aromatic N) is 2. The summed E-state index contributed by atoms with van der Waals surface area (Å²) in [5.41, 5.74) is 2.22. The van der Waals surface area contributed by atoms with Crippen LogP contribution in [-0.4, -0.2) is 34.2 Å². The molecule has 0 N–H and O–H groups in total. The molecule has 2 amide bonds. The zero-order valence-electron chi connectivity index (χ0n) is 10.9. The van der Waals surface area contributed by atoms with Gasteiger partial charge in [0.05, 0.1) is 16.6 Å². The maximum Gasteiger partial charge on any atom is 0.261 e. The predicted octanol–water partition coefficient (Wildman–Crippen LogP) is 1.84. The van der Waals surface area contributed by atoms with Gasteiger partial charge < -0.3 is 0 Å². The molecule has 0 saturated heterocycles. The monoisotopic (exact) mass is 256 g/mol. The third-order valence-corrected chi connectivity index (χ3v) is 3.54. The minimum atomic E-state index is -0.314. The number of fused-ring (bicyclic) bond motifs is 3. The van der Waals surface area contributed by atoms with Gasteiger partial charge in [-0.1, -0.05) is 0 Å². The molecule has 0 radical (unpaired) electrons. The van der Waals surface area contributed by atoms with Crippen LogP contribution in [-0.2, 0) is 0 Å². The number of hydrogen-bond donors (Lipinski definition) is 0. The molecule has 0 atom stereocenters. The highest BCUT2D eigenvalue weighted by Crippen LogP contribution is 2.31. The summed E-state index contributed by atoms with van der Waals surface area (Å²) in [6.45, 7) is 3.28. The second-order valence-corrected chi connectivity index (χ2v) is 4.73. The first-order chi connectivity index (χ1) is 8.93. The van der Waals surface area contributed by atoms with Crippen LogP contribution in [0.2, 0.25) is 0 Å². The van der Waals surface area contributed by atoms with E-state index in [4.69, 9.17) is 0 Å². The normalized spacial score (nSPS) is 14.4. The van der Waals surface area contributed by atoms with Crippen molar-refractivity contribution in [3.63, 3.8) is 0 Å². The van der Waals surface area contributed by atoms with Crippen molar-refractivity contribution in [3.8, 4) is 0 Å². The predicted molar refractivity (Wildman–Crippen MR) is 69.4 cm³/mol. The number of aryl methyl sites for hydroxylation is 1. The Hall–Kier alpha value is -2.43. The van der Waals surface area contributed by atoms with Gasteiger partial charge in [0.15, 0.2) is 0 Å². The molecule has 1 aromatic heterocycles. The summed E-state index contributed by atoms with van der Waals surface area (Å²) >= 11 is 0. The number of hydrogen-bond acceptors (Lipinski definition) is 3. The van der Waals surface area contributed by atoms with Crippen LogP contribution in [0.4, 0.5) is 0 Å². The zero-order valence-corrected chi connectivity index (χ0v) is 10.9. The van der Waals surface area contributed by atoms with Crippen LogP contribution < -0.4 is 0 Å². The smallest absolute Gasteiger partial charge is 0.261 e. The van der Waals surface area contributed by atoms with E-state index < -0.39 is 0 Å². The Labute approximate surface area is 109 Å². The van der Waals surface area contributed by atoms with Gasteiger partial charge in [0, 0.05) is 25.1 Å². The number of aromatic nitrogens is 1. The van der Waals surface area contributed by atoms with Crippen molar-refractivity contribution in [1.82, 2.24) is 9.47 Å². The molecule has 2 heterocycles. The average Bonchev–Trinajstić information content (AvgIpc) is 2.79. The van der Waals surface area contributed by atoms with Crippen LogP contribution in [0.3, 0.4) is 0 Å². The molecule has 19 heavy (non-hydrogen) atoms. The molecule has 1 aromatic carbocycles. The minimum absolute atomic E-state index is 0.113. The maximum atomic E-state index is 12.1. The number of carbonyl (C=O) groups is 3. The topological polar surface area (TPSA) is 59.4 Å². The largest absolute Gasteiger partial charge is 0.285 e. The molecule has 5 nitrogen and oxygen atoms in total. The third-order valence-electron chi connectivity index (χ3n) is 3.54. The van der Waals surface area contributed by atoms with E-state index in [1.54, 1.807) is 29.7 Å². The molecule has 0 saturated carbocycles. The molecule has 0 spiro atoms. The van der Waals surface area contributed by atoms with E-state index in [-0.39, 0.29) is 17.7 Å². The molecule has 96 valence electrons. The van der Waals surface area contributed by atoms with Crippen molar-refractivity contribution in [2.24, 2.45) is 0 Å². The van der Waals surface area contributed by atoms with E-state index in [0.717, 1.165) is 10.6 Å². The number of carbonyl (C=O) groups excluding carboxylic acids is 3. The van der Waals surface area contributed by atoms with Crippen molar-refractivity contribution < 1.29 is 14.4 Å². The van der Waals surface area contributed by atoms with Gasteiger partial charge in [-0.15, -0.1) is 0 Å². The van der Waals surface area contributed by atoms with Crippen molar-refractivity contribution >= 4 is 28.6 Å². The quantitative estimate of drug-likeness (QED) is 0.676. The Kier molecular flexibility index (Phi) is 2.17. The fraction of sp³-hybridized carbons (Fsp3) is 0.214. The summed E-state index contributed by atoms with van der Waals surface area (Å²) in [6.07, 6.45) is 0. The molecule has 0 aliphatic carbocycles. The lowest BCUT2D eigenvalue weighted by molar-refractivity contribution is 0.0693. The van der Waals surface area contributed by atoms with Gasteiger partial charge in [0.2, 0.25) is 5.91 Å². The summed E-state index contributed by atoms with van der Waals surface area (Å²) in [4.78, 5) is 36.8. The zero-order chi connectivity index (χ0) is 13.9. The van der Waals surface area contributed by atoms with Gasteiger partial charge in [-0.05, 0) is 25.1 Å². The number of benzene rings is 1. The SMILES string of the molecule is CC(=O)n1c(C)cc2c3c(ccc21)C(=O)N(C)C3=O. The van der Waals surface area contributed by atoms with E-state index in [9.17, 15) is 14.4 Å². The van der Waals surface area contributed by atoms with E-state index in [1.165, 1.54) is 14.0 Å². The highest BCUT2D eigenvalue weighted by Gasteiger charge is 2.35. The summed E-state index contributed by atoms with van der Waals surface area (Å²) < 4.78 is 1.55. The lowest BCUT2D eigenvalue weighted by atomic mass is 10.1. The first kappa shape index (κ1) is 11.6. The summed E-state index contributed by atoms with van der Waals surface area (Å²) in [6, 6.07) is 5.10. The van der Waals surface area contributed by atoms with Gasteiger partial charge in [-0.3, -0.25) is 23.9 Å². The van der Waals surface area contributed by atoms with E-state index >= 15 is 0 Å². The Balaban J connectivity index is 2.44. The van der Waals surface area contributed by atoms with Gasteiger partial charge in [-0.2, -0.15) is 0 Å². The molecule has 3 rings (SSSR count). The van der Waals surface area contributed by atoms with Crippen molar-refractivity contribution in [3.05, 3.63) is 35.0 Å². The number of imide groups is 1. The minimum Gasteiger partial charge on any atom is -0.285 e. The van der Waals surface area contributed by atoms with E-state index in [1.807, 2.05) is 0 Å². The second-order valence-electron chi connectivity index (χ2n) is 4.73. The van der Waals surface area contributed by atoms with Crippen molar-refractivity contribution in [2.75, 3.05) is 7.05 Å². The molecule has 5 heteroatoms. The molecular weight excluding hydrogens is 244 g/mol. The Morgan fingerprint density at radius 3 is 2.47 bits per heavy atom. The van der Waals surface area contributed by atoms with Crippen LogP contribution in [0.1, 0.15) is 38.1 Å². The van der Waals surface area contributed by atoms with Crippen LogP contribution in [0, 0.1) is 6.92 Å². The average molecular weight is 256 g/mol. The second kappa shape index (κ2) is 3.54. The van der Waals surface area contributed by atoms with Crippen molar-refractivity contribution in [1.29, 1.82) is 0 Å². The van der Waals surface area contributed by atoms with Gasteiger partial charge in [0.25, 0.3) is 11.8 Å². The summed E-state index contributed by atoms with van der Waals surface area (Å²) in [5.74, 6) is -0.723. The molecule has 0 bridgehead atoms. The first-order valence-corrected chi connectivity index (χ1v) is 5.92. The third kappa shape index (κ3) is 1.32. The molecular formula is C14H12N2O3. The standard InChI is InChI=1S/C14H12N2O3/c1-7-6-10-11(16(7)8(2)17)5-4-9-12(10)14(19)15(3)13(9)18/h4-6H,1-3H3. The summed E-state index contributed by atoms with van der Waals surface area (Å²) in [7, 11) is 1.46. The molecule has 1 aliphatic rings. The van der Waals surface area contributed by atoms with Gasteiger partial charge >= 0.3 is 0 Å².